The van der Waals surface area contributed by atoms with Gasteiger partial charge in [0.1, 0.15) is 0 Å². The topological polar surface area (TPSA) is 33.1 Å². The molecule has 1 saturated carbocycles. The number of aromatic nitrogens is 2. The molecule has 2 aliphatic rings. The van der Waals surface area contributed by atoms with Crippen molar-refractivity contribution in [2.45, 2.75) is 37.8 Å². The van der Waals surface area contributed by atoms with Crippen LogP contribution in [0.5, 0.6) is 0 Å². The summed E-state index contributed by atoms with van der Waals surface area (Å²) in [5.41, 5.74) is 1.31. The highest BCUT2D eigenvalue weighted by Crippen LogP contribution is 2.29. The fourth-order valence-electron chi connectivity index (χ4n) is 2.78. The molecule has 1 saturated heterocycles. The van der Waals surface area contributed by atoms with E-state index in [4.69, 9.17) is 0 Å². The molecule has 1 aliphatic carbocycles. The molecular weight excluding hydrogens is 212 g/mol. The van der Waals surface area contributed by atoms with Gasteiger partial charge in [-0.05, 0) is 25.3 Å². The molecule has 1 aromatic rings. The molecule has 1 aliphatic heterocycles. The first kappa shape index (κ1) is 11.2. The molecule has 1 atom stereocenters. The van der Waals surface area contributed by atoms with Crippen LogP contribution in [0.25, 0.3) is 0 Å². The Hall–Kier alpha value is -0.870. The van der Waals surface area contributed by atoms with E-state index >= 15 is 0 Å². The van der Waals surface area contributed by atoms with Crippen molar-refractivity contribution in [1.82, 2.24) is 20.0 Å². The second kappa shape index (κ2) is 4.78. The number of nitrogens with zero attached hydrogens (tertiary/aromatic N) is 3. The zero-order chi connectivity index (χ0) is 11.7. The number of nitrogens with one attached hydrogen (secondary N) is 1. The van der Waals surface area contributed by atoms with Crippen LogP contribution in [0.4, 0.5) is 0 Å². The van der Waals surface area contributed by atoms with Crippen molar-refractivity contribution in [3.8, 4) is 0 Å². The van der Waals surface area contributed by atoms with Gasteiger partial charge in [-0.25, -0.2) is 0 Å². The molecule has 0 bridgehead atoms. The van der Waals surface area contributed by atoms with Crippen molar-refractivity contribution in [2.24, 2.45) is 7.05 Å². The van der Waals surface area contributed by atoms with Gasteiger partial charge in [0.2, 0.25) is 0 Å². The van der Waals surface area contributed by atoms with Gasteiger partial charge in [-0.2, -0.15) is 5.10 Å². The van der Waals surface area contributed by atoms with Crippen LogP contribution in [0, 0.1) is 0 Å². The maximum absolute atomic E-state index is 4.19. The van der Waals surface area contributed by atoms with E-state index in [1.165, 1.54) is 38.0 Å². The number of hydrogen-bond donors (Lipinski definition) is 1. The van der Waals surface area contributed by atoms with E-state index in [0.29, 0.717) is 6.04 Å². The molecule has 17 heavy (non-hydrogen) atoms. The number of likely N-dealkylation sites (tertiary alicyclic amines) is 1. The Balaban J connectivity index is 1.39. The van der Waals surface area contributed by atoms with Crippen molar-refractivity contribution in [3.63, 3.8) is 0 Å². The third-order valence-corrected chi connectivity index (χ3v) is 4.02. The van der Waals surface area contributed by atoms with Crippen LogP contribution >= 0.6 is 0 Å². The van der Waals surface area contributed by atoms with E-state index in [1.807, 2.05) is 17.9 Å². The molecule has 1 N–H and O–H groups in total. The van der Waals surface area contributed by atoms with Gasteiger partial charge >= 0.3 is 0 Å². The minimum atomic E-state index is 0.712. The third kappa shape index (κ3) is 2.69. The normalized spacial score (nSPS) is 25.6. The fraction of sp³-hybridized carbons (Fsp3) is 0.769. The molecular formula is C13H22N4. The van der Waals surface area contributed by atoms with Crippen molar-refractivity contribution in [3.05, 3.63) is 18.0 Å². The van der Waals surface area contributed by atoms with Gasteiger partial charge in [-0.1, -0.05) is 0 Å². The average Bonchev–Trinajstić information content (AvgIpc) is 2.94. The van der Waals surface area contributed by atoms with Crippen LogP contribution in [0.1, 0.15) is 25.0 Å². The minimum Gasteiger partial charge on any atom is -0.312 e. The molecule has 0 spiro atoms. The highest BCUT2D eigenvalue weighted by atomic mass is 15.3. The molecule has 4 nitrogen and oxygen atoms in total. The summed E-state index contributed by atoms with van der Waals surface area (Å²) >= 11 is 0. The maximum atomic E-state index is 4.19. The smallest absolute Gasteiger partial charge is 0.0492 e. The van der Waals surface area contributed by atoms with Crippen LogP contribution in [-0.4, -0.2) is 46.4 Å². The SMILES string of the molecule is Cn1nccc1CCNC1CCN(C2CC2)C1. The standard InChI is InChI=1S/C13H22N4/c1-16-12(5-8-15-16)4-7-14-11-6-9-17(10-11)13-2-3-13/h5,8,11,13-14H,2-4,6-7,9-10H2,1H3. The molecule has 0 aromatic carbocycles. The summed E-state index contributed by atoms with van der Waals surface area (Å²) in [4.78, 5) is 2.65. The number of rotatable bonds is 5. The van der Waals surface area contributed by atoms with Gasteiger partial charge in [-0.3, -0.25) is 9.58 Å². The quantitative estimate of drug-likeness (QED) is 0.817. The van der Waals surface area contributed by atoms with Gasteiger partial charge < -0.3 is 5.32 Å². The first-order valence-electron chi connectivity index (χ1n) is 6.77. The lowest BCUT2D eigenvalue weighted by Crippen LogP contribution is -2.34. The Kier molecular flexibility index (Phi) is 3.16. The highest BCUT2D eigenvalue weighted by molar-refractivity contribution is 5.00. The minimum absolute atomic E-state index is 0.712. The van der Waals surface area contributed by atoms with Crippen molar-refractivity contribution < 1.29 is 0 Å². The zero-order valence-electron chi connectivity index (χ0n) is 10.6. The van der Waals surface area contributed by atoms with E-state index in [0.717, 1.165) is 19.0 Å². The molecule has 0 amide bonds. The van der Waals surface area contributed by atoms with Crippen molar-refractivity contribution in [2.75, 3.05) is 19.6 Å². The lowest BCUT2D eigenvalue weighted by molar-refractivity contribution is 0.317. The Bertz CT molecular complexity index is 369. The first-order chi connectivity index (χ1) is 8.33. The second-order valence-corrected chi connectivity index (χ2v) is 5.36. The lowest BCUT2D eigenvalue weighted by atomic mass is 10.2. The highest BCUT2D eigenvalue weighted by Gasteiger charge is 2.33. The summed E-state index contributed by atoms with van der Waals surface area (Å²) < 4.78 is 1.97. The van der Waals surface area contributed by atoms with Crippen LogP contribution in [0.2, 0.25) is 0 Å². The first-order valence-corrected chi connectivity index (χ1v) is 6.77. The summed E-state index contributed by atoms with van der Waals surface area (Å²) in [5, 5.41) is 7.87. The monoisotopic (exact) mass is 234 g/mol. The molecule has 94 valence electrons. The zero-order valence-corrected chi connectivity index (χ0v) is 10.6. The Morgan fingerprint density at radius 2 is 2.29 bits per heavy atom. The number of hydrogen-bond acceptors (Lipinski definition) is 3. The molecule has 1 aromatic heterocycles. The van der Waals surface area contributed by atoms with Gasteiger partial charge in [0.15, 0.2) is 0 Å². The second-order valence-electron chi connectivity index (χ2n) is 5.36. The lowest BCUT2D eigenvalue weighted by Gasteiger charge is -2.15. The average molecular weight is 234 g/mol. The van der Waals surface area contributed by atoms with E-state index in [2.05, 4.69) is 21.4 Å². The Labute approximate surface area is 103 Å². The van der Waals surface area contributed by atoms with E-state index in [1.54, 1.807) is 0 Å². The summed E-state index contributed by atoms with van der Waals surface area (Å²) in [5.74, 6) is 0. The van der Waals surface area contributed by atoms with Gasteiger partial charge in [0.05, 0.1) is 0 Å². The fourth-order valence-corrected chi connectivity index (χ4v) is 2.78. The summed E-state index contributed by atoms with van der Waals surface area (Å²) in [6.07, 6.45) is 7.14. The maximum Gasteiger partial charge on any atom is 0.0492 e. The Morgan fingerprint density at radius 3 is 3.00 bits per heavy atom. The van der Waals surface area contributed by atoms with Crippen LogP contribution in [0.15, 0.2) is 12.3 Å². The largest absolute Gasteiger partial charge is 0.312 e. The van der Waals surface area contributed by atoms with Gasteiger partial charge in [-0.15, -0.1) is 0 Å². The predicted molar refractivity (Wildman–Crippen MR) is 67.9 cm³/mol. The van der Waals surface area contributed by atoms with Crippen LogP contribution < -0.4 is 5.32 Å². The third-order valence-electron chi connectivity index (χ3n) is 4.02. The van der Waals surface area contributed by atoms with Crippen LogP contribution in [-0.2, 0) is 13.5 Å². The van der Waals surface area contributed by atoms with Crippen molar-refractivity contribution in [1.29, 1.82) is 0 Å². The molecule has 3 rings (SSSR count). The summed E-state index contributed by atoms with van der Waals surface area (Å²) in [6.45, 7) is 3.63. The van der Waals surface area contributed by atoms with Crippen molar-refractivity contribution >= 4 is 0 Å². The molecule has 0 radical (unpaired) electrons. The van der Waals surface area contributed by atoms with Crippen LogP contribution in [0.3, 0.4) is 0 Å². The van der Waals surface area contributed by atoms with Gasteiger partial charge in [0.25, 0.3) is 0 Å². The Morgan fingerprint density at radius 1 is 1.41 bits per heavy atom. The van der Waals surface area contributed by atoms with E-state index in [9.17, 15) is 0 Å². The summed E-state index contributed by atoms with van der Waals surface area (Å²) in [6, 6.07) is 3.75. The molecule has 1 unspecified atom stereocenters. The molecule has 2 fully saturated rings. The summed E-state index contributed by atoms with van der Waals surface area (Å²) in [7, 11) is 2.01. The molecule has 4 heteroatoms. The van der Waals surface area contributed by atoms with Gasteiger partial charge in [0, 0.05) is 57.1 Å². The van der Waals surface area contributed by atoms with E-state index < -0.39 is 0 Å². The number of aryl methyl sites for hydroxylation is 1. The molecule has 2 heterocycles. The predicted octanol–water partition coefficient (Wildman–Crippen LogP) is 0.789. The van der Waals surface area contributed by atoms with E-state index in [-0.39, 0.29) is 0 Å².